The normalized spacial score (nSPS) is 26.8. The highest BCUT2D eigenvalue weighted by Crippen LogP contribution is 2.58. The number of allylic oxidation sites excluding steroid dienone is 1. The zero-order valence-corrected chi connectivity index (χ0v) is 26.1. The highest BCUT2D eigenvalue weighted by Gasteiger charge is 2.46. The van der Waals surface area contributed by atoms with Crippen molar-refractivity contribution in [1.82, 2.24) is 0 Å². The smallest absolute Gasteiger partial charge is 0.119 e. The Morgan fingerprint density at radius 1 is 0.763 bits per heavy atom. The first-order chi connectivity index (χ1) is 18.1. The molecule has 2 aromatic carbocycles. The Morgan fingerprint density at radius 2 is 1.32 bits per heavy atom. The van der Waals surface area contributed by atoms with Crippen molar-refractivity contribution in [2.75, 3.05) is 33.3 Å². The summed E-state index contributed by atoms with van der Waals surface area (Å²) in [7, 11) is 2.44. The molecule has 7 rings (SSSR count). The fraction of sp³-hybridized carbons (Fsp3) is 0.588. The molecule has 0 unspecified atom stereocenters. The molecule has 1 heterocycles. The lowest BCUT2D eigenvalue weighted by atomic mass is 9.53. The van der Waals surface area contributed by atoms with E-state index in [2.05, 4.69) is 55.6 Å². The second-order valence-electron chi connectivity index (χ2n) is 12.9. The maximum atomic E-state index is 6.28. The summed E-state index contributed by atoms with van der Waals surface area (Å²) in [5.41, 5.74) is 5.89. The quantitative estimate of drug-likeness (QED) is 0.181. The Bertz CT molecular complexity index is 1060. The molecule has 0 radical (unpaired) electrons. The van der Waals surface area contributed by atoms with Crippen molar-refractivity contribution in [3.05, 3.63) is 70.3 Å². The van der Waals surface area contributed by atoms with E-state index in [1.165, 1.54) is 105 Å². The van der Waals surface area contributed by atoms with Crippen LogP contribution in [0.5, 0.6) is 5.75 Å². The van der Waals surface area contributed by atoms with Crippen molar-refractivity contribution in [2.24, 2.45) is 23.7 Å². The Morgan fingerprint density at radius 3 is 1.92 bits per heavy atom. The molecule has 38 heavy (non-hydrogen) atoms. The zero-order valence-electron chi connectivity index (χ0n) is 23.1. The topological polar surface area (TPSA) is 9.23 Å². The van der Waals surface area contributed by atoms with Gasteiger partial charge in [-0.25, -0.2) is 0 Å². The van der Waals surface area contributed by atoms with Gasteiger partial charge in [-0.3, -0.25) is 0 Å². The van der Waals surface area contributed by atoms with E-state index in [4.69, 9.17) is 16.3 Å². The van der Waals surface area contributed by atoms with Gasteiger partial charge in [-0.05, 0) is 122 Å². The van der Waals surface area contributed by atoms with Crippen LogP contribution < -0.4 is 28.7 Å². The average Bonchev–Trinajstić information content (AvgIpc) is 3.33. The highest BCUT2D eigenvalue weighted by atomic mass is 127. The predicted molar refractivity (Wildman–Crippen MR) is 155 cm³/mol. The van der Waals surface area contributed by atoms with Crippen LogP contribution in [0.15, 0.2) is 54.1 Å². The summed E-state index contributed by atoms with van der Waals surface area (Å²) in [5.74, 6) is 4.49. The monoisotopic (exact) mass is 645 g/mol. The molecule has 206 valence electrons. The molecule has 4 saturated carbocycles. The standard InChI is InChI=1S/C34H45ClNO.HI/c1-36(17-5-6-18-36)16-4-2-3-7-19-37-32-14-10-28(11-15-32)33(27-8-12-31(35)13-9-27)34-29-21-25-20-26(23-29)24-30(34)22-25;/h8-15,25-26,29-30H,2-7,16-24H2,1H3;1H/q+1;/p-1. The summed E-state index contributed by atoms with van der Waals surface area (Å²) < 4.78 is 7.47. The van der Waals surface area contributed by atoms with Gasteiger partial charge < -0.3 is 33.2 Å². The van der Waals surface area contributed by atoms with E-state index < -0.39 is 0 Å². The van der Waals surface area contributed by atoms with Gasteiger partial charge in [-0.15, -0.1) is 0 Å². The highest BCUT2D eigenvalue weighted by molar-refractivity contribution is 6.30. The molecule has 4 aliphatic carbocycles. The molecular weight excluding hydrogens is 601 g/mol. The predicted octanol–water partition coefficient (Wildman–Crippen LogP) is 5.78. The van der Waals surface area contributed by atoms with Crippen molar-refractivity contribution in [3.8, 4) is 5.75 Å². The van der Waals surface area contributed by atoms with Gasteiger partial charge in [-0.1, -0.05) is 41.4 Å². The largest absolute Gasteiger partial charge is 1.00 e. The Balaban J connectivity index is 0.00000294. The number of hydrogen-bond acceptors (Lipinski definition) is 1. The van der Waals surface area contributed by atoms with Crippen molar-refractivity contribution in [3.63, 3.8) is 0 Å². The molecule has 4 bridgehead atoms. The van der Waals surface area contributed by atoms with Crippen LogP contribution in [0.4, 0.5) is 0 Å². The van der Waals surface area contributed by atoms with E-state index in [9.17, 15) is 0 Å². The second-order valence-corrected chi connectivity index (χ2v) is 13.4. The minimum absolute atomic E-state index is 0. The minimum Gasteiger partial charge on any atom is -1.00 e. The first-order valence-corrected chi connectivity index (χ1v) is 15.5. The van der Waals surface area contributed by atoms with Gasteiger partial charge in [-0.2, -0.15) is 0 Å². The maximum Gasteiger partial charge on any atom is 0.119 e. The molecule has 1 aliphatic heterocycles. The van der Waals surface area contributed by atoms with Crippen molar-refractivity contribution in [1.29, 1.82) is 0 Å². The van der Waals surface area contributed by atoms with Gasteiger partial charge in [0.25, 0.3) is 0 Å². The Labute approximate surface area is 252 Å². The summed E-state index contributed by atoms with van der Waals surface area (Å²) >= 11 is 6.28. The second kappa shape index (κ2) is 12.6. The zero-order chi connectivity index (χ0) is 25.2. The van der Waals surface area contributed by atoms with Crippen LogP contribution in [0.25, 0.3) is 5.57 Å². The lowest BCUT2D eigenvalue weighted by Crippen LogP contribution is -3.00. The summed E-state index contributed by atoms with van der Waals surface area (Å²) in [6.45, 7) is 4.95. The molecule has 0 atom stereocenters. The third-order valence-electron chi connectivity index (χ3n) is 10.1. The van der Waals surface area contributed by atoms with E-state index >= 15 is 0 Å². The Hall–Kier alpha value is -1.04. The lowest BCUT2D eigenvalue weighted by molar-refractivity contribution is -0.897. The summed E-state index contributed by atoms with van der Waals surface area (Å²) in [5, 5.41) is 0.814. The number of halogens is 2. The molecular formula is C34H45ClINO. The van der Waals surface area contributed by atoms with Crippen LogP contribution in [0.1, 0.15) is 81.8 Å². The average molecular weight is 646 g/mol. The van der Waals surface area contributed by atoms with Gasteiger partial charge >= 0.3 is 0 Å². The number of unbranched alkanes of at least 4 members (excludes halogenated alkanes) is 3. The first-order valence-electron chi connectivity index (χ1n) is 15.1. The van der Waals surface area contributed by atoms with E-state index in [0.717, 1.165) is 47.5 Å². The van der Waals surface area contributed by atoms with Crippen LogP contribution in [0.2, 0.25) is 5.02 Å². The summed E-state index contributed by atoms with van der Waals surface area (Å²) in [4.78, 5) is 0. The molecule has 0 aromatic heterocycles. The number of likely N-dealkylation sites (tertiary alicyclic amines) is 1. The van der Waals surface area contributed by atoms with Crippen molar-refractivity contribution >= 4 is 17.2 Å². The molecule has 4 heteroatoms. The van der Waals surface area contributed by atoms with E-state index in [1.807, 2.05) is 0 Å². The van der Waals surface area contributed by atoms with E-state index in [0.29, 0.717) is 0 Å². The molecule has 2 nitrogen and oxygen atoms in total. The molecule has 0 N–H and O–H groups in total. The molecule has 0 spiro atoms. The van der Waals surface area contributed by atoms with Gasteiger partial charge in [0.15, 0.2) is 0 Å². The number of hydrogen-bond donors (Lipinski definition) is 0. The van der Waals surface area contributed by atoms with Gasteiger partial charge in [0, 0.05) is 17.9 Å². The SMILES string of the molecule is C[N+]1(CCCCCCOc2ccc(C(=C3C4CC5CC(C4)CC3C5)c3ccc(Cl)cc3)cc2)CCCC1.[I-]. The number of rotatable bonds is 10. The van der Waals surface area contributed by atoms with Crippen LogP contribution in [0, 0.1) is 23.7 Å². The number of quaternary nitrogens is 1. The molecule has 2 aromatic rings. The van der Waals surface area contributed by atoms with Crippen molar-refractivity contribution < 1.29 is 33.2 Å². The van der Waals surface area contributed by atoms with Gasteiger partial charge in [0.2, 0.25) is 0 Å². The Kier molecular flexibility index (Phi) is 9.48. The van der Waals surface area contributed by atoms with Crippen molar-refractivity contribution in [2.45, 2.75) is 70.6 Å². The molecule has 5 fully saturated rings. The van der Waals surface area contributed by atoms with Crippen LogP contribution >= 0.6 is 11.6 Å². The molecule has 5 aliphatic rings. The summed E-state index contributed by atoms with van der Waals surface area (Å²) in [6, 6.07) is 17.6. The number of ether oxygens (including phenoxy) is 1. The lowest BCUT2D eigenvalue weighted by Gasteiger charge is -2.52. The fourth-order valence-corrected chi connectivity index (χ4v) is 8.52. The number of nitrogens with zero attached hydrogens (tertiary/aromatic N) is 1. The summed E-state index contributed by atoms with van der Waals surface area (Å²) in [6.07, 6.45) is 15.0. The minimum atomic E-state index is 0. The number of benzene rings is 2. The maximum absolute atomic E-state index is 6.28. The third kappa shape index (κ3) is 6.47. The van der Waals surface area contributed by atoms with Crippen LogP contribution in [0.3, 0.4) is 0 Å². The fourth-order valence-electron chi connectivity index (χ4n) is 8.40. The first kappa shape index (κ1) is 28.5. The molecule has 0 amide bonds. The van der Waals surface area contributed by atoms with Gasteiger partial charge in [0.05, 0.1) is 33.3 Å². The van der Waals surface area contributed by atoms with Gasteiger partial charge in [0.1, 0.15) is 5.75 Å². The van der Waals surface area contributed by atoms with E-state index in [1.54, 1.807) is 5.57 Å². The molecule has 1 saturated heterocycles. The third-order valence-corrected chi connectivity index (χ3v) is 10.3. The van der Waals surface area contributed by atoms with Crippen LogP contribution in [-0.4, -0.2) is 37.8 Å². The van der Waals surface area contributed by atoms with Crippen LogP contribution in [-0.2, 0) is 0 Å². The van der Waals surface area contributed by atoms with E-state index in [-0.39, 0.29) is 24.0 Å².